The molecule has 8 heteroatoms. The van der Waals surface area contributed by atoms with Gasteiger partial charge in [0.1, 0.15) is 17.1 Å². The Morgan fingerprint density at radius 2 is 2.10 bits per heavy atom. The van der Waals surface area contributed by atoms with Gasteiger partial charge in [0.25, 0.3) is 0 Å². The highest BCUT2D eigenvalue weighted by Gasteiger charge is 2.35. The topological polar surface area (TPSA) is 82.2 Å². The lowest BCUT2D eigenvalue weighted by Crippen LogP contribution is -2.25. The summed E-state index contributed by atoms with van der Waals surface area (Å²) in [4.78, 5) is 17.1. The van der Waals surface area contributed by atoms with E-state index in [1.807, 2.05) is 49.4 Å². The number of oxazole rings is 1. The predicted molar refractivity (Wildman–Crippen MR) is 112 cm³/mol. The molecule has 1 N–H and O–H groups in total. The molecule has 3 heterocycles. The second-order valence-electron chi connectivity index (χ2n) is 6.91. The van der Waals surface area contributed by atoms with Crippen LogP contribution in [0, 0.1) is 6.92 Å². The molecule has 0 saturated carbocycles. The van der Waals surface area contributed by atoms with E-state index in [1.54, 1.807) is 11.8 Å². The van der Waals surface area contributed by atoms with Gasteiger partial charge in [-0.25, -0.2) is 0 Å². The first kappa shape index (κ1) is 17.9. The Bertz CT molecular complexity index is 1230. The van der Waals surface area contributed by atoms with Crippen LogP contribution >= 0.6 is 15.9 Å². The number of amides is 1. The molecule has 1 amide bonds. The zero-order valence-electron chi connectivity index (χ0n) is 15.8. The summed E-state index contributed by atoms with van der Waals surface area (Å²) in [6.07, 6.45) is 0.305. The van der Waals surface area contributed by atoms with Gasteiger partial charge in [-0.3, -0.25) is 4.79 Å². The summed E-state index contributed by atoms with van der Waals surface area (Å²) in [5.74, 6) is 1.02. The third-order valence-electron chi connectivity index (χ3n) is 5.13. The summed E-state index contributed by atoms with van der Waals surface area (Å²) in [6, 6.07) is 13.6. The van der Waals surface area contributed by atoms with Crippen LogP contribution in [0.2, 0.25) is 0 Å². The maximum absolute atomic E-state index is 12.6. The average molecular weight is 453 g/mol. The number of carbonyl (C=O) groups excluding carboxylic acids is 1. The molecule has 0 saturated heterocycles. The van der Waals surface area contributed by atoms with Crippen molar-refractivity contribution < 1.29 is 13.9 Å². The first-order valence-corrected chi connectivity index (χ1v) is 9.93. The smallest absolute Gasteiger partial charge is 0.325 e. The van der Waals surface area contributed by atoms with Gasteiger partial charge in [-0.05, 0) is 37.3 Å². The number of aromatic nitrogens is 3. The number of aryl methyl sites for hydroxylation is 1. The standard InChI is InChI=1S/C21H17BrN4O3/c1-11-19-14(13-9-12(22)7-8-16(13)28-2)10-18(27)24-20(19)26(25-11)21-23-15-5-3-4-6-17(15)29-21/h3-9,14H,10H2,1-2H3,(H,24,27)/t14-/m1/s1. The van der Waals surface area contributed by atoms with Gasteiger partial charge >= 0.3 is 6.01 Å². The van der Waals surface area contributed by atoms with Crippen LogP contribution in [0.25, 0.3) is 17.1 Å². The molecule has 1 aliphatic heterocycles. The Balaban J connectivity index is 1.70. The zero-order valence-corrected chi connectivity index (χ0v) is 17.4. The van der Waals surface area contributed by atoms with E-state index in [2.05, 4.69) is 31.3 Å². The Hall–Kier alpha value is -3.13. The molecule has 0 radical (unpaired) electrons. The van der Waals surface area contributed by atoms with Gasteiger partial charge in [0.15, 0.2) is 5.58 Å². The fourth-order valence-corrected chi connectivity index (χ4v) is 4.26. The first-order valence-electron chi connectivity index (χ1n) is 9.14. The van der Waals surface area contributed by atoms with Crippen molar-refractivity contribution in [1.82, 2.24) is 14.8 Å². The number of methoxy groups -OCH3 is 1. The van der Waals surface area contributed by atoms with Gasteiger partial charge in [0.05, 0.1) is 12.8 Å². The normalized spacial score (nSPS) is 16.0. The summed E-state index contributed by atoms with van der Waals surface area (Å²) < 4.78 is 13.9. The summed E-state index contributed by atoms with van der Waals surface area (Å²) in [5, 5.41) is 7.59. The minimum Gasteiger partial charge on any atom is -0.496 e. The maximum atomic E-state index is 12.6. The lowest BCUT2D eigenvalue weighted by Gasteiger charge is -2.25. The minimum atomic E-state index is -0.190. The van der Waals surface area contributed by atoms with E-state index in [4.69, 9.17) is 9.15 Å². The molecule has 1 aliphatic rings. The van der Waals surface area contributed by atoms with E-state index in [-0.39, 0.29) is 11.8 Å². The van der Waals surface area contributed by atoms with Gasteiger partial charge in [-0.2, -0.15) is 14.8 Å². The summed E-state index contributed by atoms with van der Waals surface area (Å²) in [7, 11) is 1.63. The van der Waals surface area contributed by atoms with Crippen molar-refractivity contribution in [3.8, 4) is 11.8 Å². The quantitative estimate of drug-likeness (QED) is 0.492. The van der Waals surface area contributed by atoms with Crippen molar-refractivity contribution in [3.05, 3.63) is 63.8 Å². The van der Waals surface area contributed by atoms with E-state index in [9.17, 15) is 4.79 Å². The molecule has 0 spiro atoms. The number of para-hydroxylation sites is 2. The van der Waals surface area contributed by atoms with Crippen molar-refractivity contribution in [1.29, 1.82) is 0 Å². The Kier molecular flexibility index (Phi) is 4.16. The third kappa shape index (κ3) is 2.91. The van der Waals surface area contributed by atoms with Crippen LogP contribution in [0.3, 0.4) is 0 Å². The fourth-order valence-electron chi connectivity index (χ4n) is 3.88. The number of hydrogen-bond acceptors (Lipinski definition) is 5. The molecule has 0 aliphatic carbocycles. The number of ether oxygens (including phenoxy) is 1. The molecule has 1 atom stereocenters. The Morgan fingerprint density at radius 1 is 1.28 bits per heavy atom. The summed E-state index contributed by atoms with van der Waals surface area (Å²) >= 11 is 3.53. The number of rotatable bonds is 3. The number of benzene rings is 2. The van der Waals surface area contributed by atoms with Gasteiger partial charge in [0.2, 0.25) is 5.91 Å². The molecular formula is C21H17BrN4O3. The van der Waals surface area contributed by atoms with Crippen LogP contribution in [-0.4, -0.2) is 27.8 Å². The van der Waals surface area contributed by atoms with Crippen LogP contribution in [0.4, 0.5) is 5.82 Å². The average Bonchev–Trinajstić information content (AvgIpc) is 3.28. The molecular weight excluding hydrogens is 436 g/mol. The molecule has 5 rings (SSSR count). The third-order valence-corrected chi connectivity index (χ3v) is 5.63. The van der Waals surface area contributed by atoms with E-state index in [1.165, 1.54) is 0 Å². The molecule has 7 nitrogen and oxygen atoms in total. The van der Waals surface area contributed by atoms with Crippen molar-refractivity contribution in [3.63, 3.8) is 0 Å². The molecule has 2 aromatic carbocycles. The van der Waals surface area contributed by atoms with Crippen LogP contribution in [-0.2, 0) is 4.79 Å². The number of carbonyl (C=O) groups is 1. The predicted octanol–water partition coefficient (Wildman–Crippen LogP) is 4.57. The van der Waals surface area contributed by atoms with E-state index < -0.39 is 0 Å². The van der Waals surface area contributed by atoms with E-state index in [0.717, 1.165) is 32.6 Å². The number of halogens is 1. The molecule has 146 valence electrons. The van der Waals surface area contributed by atoms with Gasteiger partial charge in [-0.1, -0.05) is 28.1 Å². The highest BCUT2D eigenvalue weighted by atomic mass is 79.9. The van der Waals surface area contributed by atoms with Crippen LogP contribution in [0.5, 0.6) is 5.75 Å². The molecule has 0 unspecified atom stereocenters. The SMILES string of the molecule is COc1ccc(Br)cc1[C@H]1CC(=O)Nc2c1c(C)nn2-c1nc2ccccc2o1. The second kappa shape index (κ2) is 6.73. The lowest BCUT2D eigenvalue weighted by atomic mass is 9.85. The fraction of sp³-hybridized carbons (Fsp3) is 0.190. The monoisotopic (exact) mass is 452 g/mol. The van der Waals surface area contributed by atoms with Crippen molar-refractivity contribution in [2.75, 3.05) is 12.4 Å². The molecule has 2 aromatic heterocycles. The highest BCUT2D eigenvalue weighted by molar-refractivity contribution is 9.10. The lowest BCUT2D eigenvalue weighted by molar-refractivity contribution is -0.116. The van der Waals surface area contributed by atoms with E-state index in [0.29, 0.717) is 23.8 Å². The number of nitrogens with zero attached hydrogens (tertiary/aromatic N) is 3. The summed E-state index contributed by atoms with van der Waals surface area (Å²) in [6.45, 7) is 1.92. The van der Waals surface area contributed by atoms with Crippen molar-refractivity contribution >= 4 is 38.8 Å². The van der Waals surface area contributed by atoms with Crippen LogP contribution in [0.1, 0.15) is 29.2 Å². The summed E-state index contributed by atoms with van der Waals surface area (Å²) in [5.41, 5.74) is 4.06. The maximum Gasteiger partial charge on any atom is 0.325 e. The molecule has 29 heavy (non-hydrogen) atoms. The minimum absolute atomic E-state index is 0.0956. The van der Waals surface area contributed by atoms with Crippen LogP contribution < -0.4 is 10.1 Å². The molecule has 0 fully saturated rings. The number of fused-ring (bicyclic) bond motifs is 2. The highest BCUT2D eigenvalue weighted by Crippen LogP contribution is 2.43. The number of nitrogens with one attached hydrogen (secondary N) is 1. The number of anilines is 1. The Labute approximate surface area is 174 Å². The van der Waals surface area contributed by atoms with Gasteiger partial charge in [0, 0.05) is 27.9 Å². The zero-order chi connectivity index (χ0) is 20.1. The van der Waals surface area contributed by atoms with Crippen molar-refractivity contribution in [2.24, 2.45) is 0 Å². The van der Waals surface area contributed by atoms with Crippen LogP contribution in [0.15, 0.2) is 51.4 Å². The Morgan fingerprint density at radius 3 is 2.90 bits per heavy atom. The largest absolute Gasteiger partial charge is 0.496 e. The van der Waals surface area contributed by atoms with Crippen molar-refractivity contribution in [2.45, 2.75) is 19.3 Å². The van der Waals surface area contributed by atoms with Gasteiger partial charge < -0.3 is 14.5 Å². The molecule has 4 aromatic rings. The second-order valence-corrected chi connectivity index (χ2v) is 7.83. The van der Waals surface area contributed by atoms with Gasteiger partial charge in [-0.15, -0.1) is 0 Å². The number of hydrogen-bond donors (Lipinski definition) is 1. The first-order chi connectivity index (χ1) is 14.0. The van der Waals surface area contributed by atoms with E-state index >= 15 is 0 Å². The molecule has 0 bridgehead atoms.